The van der Waals surface area contributed by atoms with Crippen molar-refractivity contribution in [2.24, 2.45) is 11.8 Å². The summed E-state index contributed by atoms with van der Waals surface area (Å²) in [5, 5.41) is 0. The van der Waals surface area contributed by atoms with Crippen LogP contribution in [0.3, 0.4) is 0 Å². The molecule has 3 rings (SSSR count). The zero-order valence-corrected chi connectivity index (χ0v) is 20.9. The summed E-state index contributed by atoms with van der Waals surface area (Å²) in [5.74, 6) is 1.43. The van der Waals surface area contributed by atoms with Gasteiger partial charge in [-0.1, -0.05) is 71.3 Å². The van der Waals surface area contributed by atoms with E-state index in [0.717, 1.165) is 49.3 Å². The minimum absolute atomic E-state index is 0.0586. The molecule has 3 nitrogen and oxygen atoms in total. The van der Waals surface area contributed by atoms with Crippen molar-refractivity contribution < 1.29 is 9.53 Å². The van der Waals surface area contributed by atoms with Crippen molar-refractivity contribution in [3.63, 3.8) is 0 Å². The molecule has 180 valence electrons. The Morgan fingerprint density at radius 2 is 1.55 bits per heavy atom. The van der Waals surface area contributed by atoms with Gasteiger partial charge in [-0.05, 0) is 80.3 Å². The standard InChI is InChI=1S/C30H43NO2/c1-3-5-6-7-8-9-10-12-25-15-22-29(31-23-25)26-18-20-28(21-19-26)33-30(32)27-16-13-24(11-4-2)14-17-27/h15,18-24,27H,3-14,16-17H2,1-2H3/t24-,27-. The van der Waals surface area contributed by atoms with Gasteiger partial charge in [0, 0.05) is 11.8 Å². The number of ether oxygens (including phenoxy) is 1. The maximum absolute atomic E-state index is 12.6. The highest BCUT2D eigenvalue weighted by atomic mass is 16.5. The zero-order valence-electron chi connectivity index (χ0n) is 20.9. The highest BCUT2D eigenvalue weighted by Crippen LogP contribution is 2.32. The maximum Gasteiger partial charge on any atom is 0.314 e. The number of esters is 1. The Labute approximate surface area is 201 Å². The Kier molecular flexibility index (Phi) is 10.9. The van der Waals surface area contributed by atoms with Crippen molar-refractivity contribution in [2.75, 3.05) is 0 Å². The van der Waals surface area contributed by atoms with Crippen LogP contribution in [0.1, 0.15) is 103 Å². The van der Waals surface area contributed by atoms with Crippen molar-refractivity contribution in [2.45, 2.75) is 104 Å². The van der Waals surface area contributed by atoms with Gasteiger partial charge in [-0.3, -0.25) is 9.78 Å². The fraction of sp³-hybridized carbons (Fsp3) is 0.600. The number of hydrogen-bond acceptors (Lipinski definition) is 3. The number of carbonyl (C=O) groups excluding carboxylic acids is 1. The Morgan fingerprint density at radius 1 is 0.848 bits per heavy atom. The van der Waals surface area contributed by atoms with E-state index < -0.39 is 0 Å². The van der Waals surface area contributed by atoms with Crippen LogP contribution in [0, 0.1) is 11.8 Å². The molecule has 1 saturated carbocycles. The lowest BCUT2D eigenvalue weighted by molar-refractivity contribution is -0.140. The van der Waals surface area contributed by atoms with Crippen molar-refractivity contribution in [1.82, 2.24) is 4.98 Å². The average molecular weight is 450 g/mol. The van der Waals surface area contributed by atoms with Crippen LogP contribution in [0.4, 0.5) is 0 Å². The number of benzene rings is 1. The minimum Gasteiger partial charge on any atom is -0.426 e. The first-order valence-electron chi connectivity index (χ1n) is 13.5. The third-order valence-corrected chi connectivity index (χ3v) is 7.14. The van der Waals surface area contributed by atoms with Crippen LogP contribution in [0.2, 0.25) is 0 Å². The van der Waals surface area contributed by atoms with Crippen LogP contribution in [0.25, 0.3) is 11.3 Å². The Balaban J connectivity index is 1.41. The molecule has 0 spiro atoms. The summed E-state index contributed by atoms with van der Waals surface area (Å²) in [6, 6.07) is 12.1. The maximum atomic E-state index is 12.6. The molecule has 0 N–H and O–H groups in total. The van der Waals surface area contributed by atoms with E-state index >= 15 is 0 Å². The van der Waals surface area contributed by atoms with Crippen molar-refractivity contribution >= 4 is 5.97 Å². The van der Waals surface area contributed by atoms with E-state index in [9.17, 15) is 4.79 Å². The SMILES string of the molecule is CCCCCCCCCc1ccc(-c2ccc(OC(=O)[C@H]3CC[C@H](CCC)CC3)cc2)nc1. The Morgan fingerprint density at radius 3 is 2.18 bits per heavy atom. The second-order valence-electron chi connectivity index (χ2n) is 9.87. The third-order valence-electron chi connectivity index (χ3n) is 7.14. The van der Waals surface area contributed by atoms with Crippen molar-refractivity contribution in [3.8, 4) is 17.0 Å². The fourth-order valence-corrected chi connectivity index (χ4v) is 5.02. The van der Waals surface area contributed by atoms with Crippen LogP contribution in [0.15, 0.2) is 42.6 Å². The van der Waals surface area contributed by atoms with Gasteiger partial charge in [0.1, 0.15) is 5.75 Å². The van der Waals surface area contributed by atoms with Gasteiger partial charge >= 0.3 is 5.97 Å². The molecule has 1 aromatic carbocycles. The quantitative estimate of drug-likeness (QED) is 0.175. The molecule has 0 saturated heterocycles. The zero-order chi connectivity index (χ0) is 23.3. The first-order valence-corrected chi connectivity index (χ1v) is 13.5. The number of carbonyl (C=O) groups is 1. The molecule has 1 heterocycles. The number of rotatable bonds is 13. The summed E-state index contributed by atoms with van der Waals surface area (Å²) < 4.78 is 5.69. The second-order valence-corrected chi connectivity index (χ2v) is 9.87. The van der Waals surface area contributed by atoms with Gasteiger partial charge in [0.15, 0.2) is 0 Å². The number of pyridine rings is 1. The van der Waals surface area contributed by atoms with Gasteiger partial charge < -0.3 is 4.74 Å². The lowest BCUT2D eigenvalue weighted by Crippen LogP contribution is -2.25. The average Bonchev–Trinajstić information content (AvgIpc) is 2.85. The van der Waals surface area contributed by atoms with Gasteiger partial charge in [0.25, 0.3) is 0 Å². The lowest BCUT2D eigenvalue weighted by atomic mass is 9.80. The predicted octanol–water partition coefficient (Wildman–Crippen LogP) is 8.55. The molecule has 1 aliphatic carbocycles. The molecule has 3 heteroatoms. The van der Waals surface area contributed by atoms with Crippen LogP contribution < -0.4 is 4.74 Å². The summed E-state index contributed by atoms with van der Waals surface area (Å²) in [4.78, 5) is 17.2. The highest BCUT2D eigenvalue weighted by molar-refractivity contribution is 5.75. The first kappa shape index (κ1) is 25.5. The smallest absolute Gasteiger partial charge is 0.314 e. The number of aromatic nitrogens is 1. The number of unbranched alkanes of at least 4 members (excludes halogenated alkanes) is 6. The molecule has 0 amide bonds. The summed E-state index contributed by atoms with van der Waals surface area (Å²) >= 11 is 0. The molecule has 33 heavy (non-hydrogen) atoms. The van der Waals surface area contributed by atoms with E-state index in [1.165, 1.54) is 63.4 Å². The van der Waals surface area contributed by atoms with Crippen molar-refractivity contribution in [1.29, 1.82) is 0 Å². The molecule has 0 bridgehead atoms. The topological polar surface area (TPSA) is 39.2 Å². The van der Waals surface area contributed by atoms with Gasteiger partial charge in [-0.15, -0.1) is 0 Å². The molecule has 0 aliphatic heterocycles. The van der Waals surface area contributed by atoms with E-state index in [0.29, 0.717) is 5.75 Å². The molecule has 1 aliphatic rings. The van der Waals surface area contributed by atoms with Crippen LogP contribution in [-0.2, 0) is 11.2 Å². The first-order chi connectivity index (χ1) is 16.2. The van der Waals surface area contributed by atoms with E-state index in [1.807, 2.05) is 30.5 Å². The highest BCUT2D eigenvalue weighted by Gasteiger charge is 2.27. The number of nitrogens with zero attached hydrogens (tertiary/aromatic N) is 1. The molecular weight excluding hydrogens is 406 g/mol. The number of hydrogen-bond donors (Lipinski definition) is 0. The van der Waals surface area contributed by atoms with Crippen LogP contribution in [-0.4, -0.2) is 11.0 Å². The molecule has 0 atom stereocenters. The number of aryl methyl sites for hydroxylation is 1. The molecule has 1 aromatic heterocycles. The summed E-state index contributed by atoms with van der Waals surface area (Å²) in [5.41, 5.74) is 3.33. The lowest BCUT2D eigenvalue weighted by Gasteiger charge is -2.26. The van der Waals surface area contributed by atoms with Crippen LogP contribution >= 0.6 is 0 Å². The van der Waals surface area contributed by atoms with E-state index in [1.54, 1.807) is 0 Å². The molecular formula is C30H43NO2. The largest absolute Gasteiger partial charge is 0.426 e. The third kappa shape index (κ3) is 8.61. The summed E-state index contributed by atoms with van der Waals surface area (Å²) in [6.07, 6.45) is 19.2. The molecule has 1 fully saturated rings. The second kappa shape index (κ2) is 14.2. The Bertz CT molecular complexity index is 804. The van der Waals surface area contributed by atoms with Gasteiger partial charge in [0.05, 0.1) is 11.6 Å². The van der Waals surface area contributed by atoms with Crippen molar-refractivity contribution in [3.05, 3.63) is 48.2 Å². The minimum atomic E-state index is -0.0643. The normalized spacial score (nSPS) is 18.2. The molecule has 2 aromatic rings. The van der Waals surface area contributed by atoms with E-state index in [2.05, 4.69) is 31.0 Å². The summed E-state index contributed by atoms with van der Waals surface area (Å²) in [6.45, 7) is 4.51. The van der Waals surface area contributed by atoms with Gasteiger partial charge in [-0.25, -0.2) is 0 Å². The monoisotopic (exact) mass is 449 g/mol. The predicted molar refractivity (Wildman–Crippen MR) is 137 cm³/mol. The summed E-state index contributed by atoms with van der Waals surface area (Å²) in [7, 11) is 0. The van der Waals surface area contributed by atoms with E-state index in [4.69, 9.17) is 4.74 Å². The molecule has 0 radical (unpaired) electrons. The van der Waals surface area contributed by atoms with Crippen LogP contribution in [0.5, 0.6) is 5.75 Å². The van der Waals surface area contributed by atoms with E-state index in [-0.39, 0.29) is 11.9 Å². The fourth-order valence-electron chi connectivity index (χ4n) is 5.02. The molecule has 0 unspecified atom stereocenters. The van der Waals surface area contributed by atoms with Gasteiger partial charge in [0.2, 0.25) is 0 Å². The Hall–Kier alpha value is -2.16. The van der Waals surface area contributed by atoms with Gasteiger partial charge in [-0.2, -0.15) is 0 Å².